The van der Waals surface area contributed by atoms with Crippen LogP contribution in [0.2, 0.25) is 0 Å². The maximum absolute atomic E-state index is 5.99. The maximum atomic E-state index is 5.99. The van der Waals surface area contributed by atoms with Crippen LogP contribution in [0.3, 0.4) is 0 Å². The van der Waals surface area contributed by atoms with Crippen LogP contribution in [0.15, 0.2) is 54.6 Å². The minimum Gasteiger partial charge on any atom is -0.489 e. The summed E-state index contributed by atoms with van der Waals surface area (Å²) < 4.78 is 5.68. The Hall–Kier alpha value is -1.47. The zero-order chi connectivity index (χ0) is 12.1. The first-order chi connectivity index (χ1) is 8.25. The van der Waals surface area contributed by atoms with Crippen LogP contribution in [0, 0.1) is 0 Å². The van der Waals surface area contributed by atoms with Crippen molar-refractivity contribution in [2.24, 2.45) is 0 Å². The largest absolute Gasteiger partial charge is 0.489 e. The highest BCUT2D eigenvalue weighted by atomic mass is 35.5. The van der Waals surface area contributed by atoms with Gasteiger partial charge in [0.2, 0.25) is 0 Å². The highest BCUT2D eigenvalue weighted by Gasteiger charge is 2.01. The number of alkyl halides is 1. The van der Waals surface area contributed by atoms with E-state index >= 15 is 0 Å². The Morgan fingerprint density at radius 2 is 1.65 bits per heavy atom. The van der Waals surface area contributed by atoms with Gasteiger partial charge >= 0.3 is 0 Å². The summed E-state index contributed by atoms with van der Waals surface area (Å²) in [6, 6.07) is 18.0. The van der Waals surface area contributed by atoms with Crippen molar-refractivity contribution in [2.75, 3.05) is 0 Å². The number of rotatable bonds is 4. The predicted molar refractivity (Wildman–Crippen MR) is 71.5 cm³/mol. The van der Waals surface area contributed by atoms with Gasteiger partial charge in [0.15, 0.2) is 0 Å². The van der Waals surface area contributed by atoms with E-state index < -0.39 is 0 Å². The normalized spacial score (nSPS) is 12.1. The van der Waals surface area contributed by atoms with Gasteiger partial charge in [0, 0.05) is 0 Å². The van der Waals surface area contributed by atoms with Crippen molar-refractivity contribution in [3.05, 3.63) is 65.7 Å². The SMILES string of the molecule is CC(Cl)c1ccc(OCc2ccccc2)cc1. The maximum Gasteiger partial charge on any atom is 0.119 e. The van der Waals surface area contributed by atoms with Crippen molar-refractivity contribution >= 4 is 11.6 Å². The van der Waals surface area contributed by atoms with Gasteiger partial charge in [-0.15, -0.1) is 11.6 Å². The van der Waals surface area contributed by atoms with Crippen LogP contribution in [-0.2, 0) is 6.61 Å². The third kappa shape index (κ3) is 3.50. The molecule has 0 heterocycles. The Balaban J connectivity index is 1.96. The summed E-state index contributed by atoms with van der Waals surface area (Å²) in [7, 11) is 0. The second-order valence-electron chi connectivity index (χ2n) is 3.96. The van der Waals surface area contributed by atoms with E-state index in [1.807, 2.05) is 49.4 Å². The van der Waals surface area contributed by atoms with Gasteiger partial charge in [0.1, 0.15) is 12.4 Å². The third-order valence-electron chi connectivity index (χ3n) is 2.59. The van der Waals surface area contributed by atoms with E-state index in [0.29, 0.717) is 6.61 Å². The molecule has 0 spiro atoms. The zero-order valence-electron chi connectivity index (χ0n) is 9.77. The Labute approximate surface area is 107 Å². The lowest BCUT2D eigenvalue weighted by Gasteiger charge is -2.08. The molecular weight excluding hydrogens is 232 g/mol. The fraction of sp³-hybridized carbons (Fsp3) is 0.200. The average Bonchev–Trinajstić information content (AvgIpc) is 2.38. The fourth-order valence-corrected chi connectivity index (χ4v) is 1.72. The molecule has 0 bridgehead atoms. The number of benzene rings is 2. The molecule has 2 aromatic carbocycles. The molecule has 0 aromatic heterocycles. The molecule has 0 saturated carbocycles. The van der Waals surface area contributed by atoms with Crippen LogP contribution in [0.25, 0.3) is 0 Å². The number of ether oxygens (including phenoxy) is 1. The smallest absolute Gasteiger partial charge is 0.119 e. The van der Waals surface area contributed by atoms with Gasteiger partial charge in [0.25, 0.3) is 0 Å². The highest BCUT2D eigenvalue weighted by molar-refractivity contribution is 6.20. The molecule has 0 fully saturated rings. The summed E-state index contributed by atoms with van der Waals surface area (Å²) in [6.07, 6.45) is 0. The van der Waals surface area contributed by atoms with Gasteiger partial charge in [-0.25, -0.2) is 0 Å². The van der Waals surface area contributed by atoms with Crippen molar-refractivity contribution in [1.29, 1.82) is 0 Å². The molecule has 0 N–H and O–H groups in total. The van der Waals surface area contributed by atoms with E-state index in [1.165, 1.54) is 5.56 Å². The van der Waals surface area contributed by atoms with Crippen LogP contribution in [-0.4, -0.2) is 0 Å². The van der Waals surface area contributed by atoms with Gasteiger partial charge in [-0.2, -0.15) is 0 Å². The molecule has 0 radical (unpaired) electrons. The van der Waals surface area contributed by atoms with Gasteiger partial charge < -0.3 is 4.74 Å². The summed E-state index contributed by atoms with van der Waals surface area (Å²) in [5, 5.41) is 0.0400. The Bertz CT molecular complexity index is 448. The quantitative estimate of drug-likeness (QED) is 0.719. The van der Waals surface area contributed by atoms with Crippen LogP contribution in [0.5, 0.6) is 5.75 Å². The first-order valence-corrected chi connectivity index (χ1v) is 6.10. The number of halogens is 1. The Morgan fingerprint density at radius 1 is 1.00 bits per heavy atom. The van der Waals surface area contributed by atoms with E-state index in [1.54, 1.807) is 0 Å². The van der Waals surface area contributed by atoms with Crippen molar-refractivity contribution in [3.8, 4) is 5.75 Å². The minimum absolute atomic E-state index is 0.0400. The summed E-state index contributed by atoms with van der Waals surface area (Å²) in [4.78, 5) is 0. The molecule has 0 saturated heterocycles. The Morgan fingerprint density at radius 3 is 2.24 bits per heavy atom. The molecule has 1 unspecified atom stereocenters. The molecule has 0 amide bonds. The van der Waals surface area contributed by atoms with E-state index in [9.17, 15) is 0 Å². The summed E-state index contributed by atoms with van der Waals surface area (Å²) in [6.45, 7) is 2.55. The molecule has 0 aliphatic carbocycles. The van der Waals surface area contributed by atoms with Crippen LogP contribution < -0.4 is 4.74 Å². The second kappa shape index (κ2) is 5.74. The molecule has 1 atom stereocenters. The van der Waals surface area contributed by atoms with Gasteiger partial charge in [-0.1, -0.05) is 42.5 Å². The fourth-order valence-electron chi connectivity index (χ4n) is 1.57. The lowest BCUT2D eigenvalue weighted by atomic mass is 10.1. The molecule has 88 valence electrons. The molecule has 2 aromatic rings. The third-order valence-corrected chi connectivity index (χ3v) is 2.84. The van der Waals surface area contributed by atoms with Crippen molar-refractivity contribution in [1.82, 2.24) is 0 Å². The van der Waals surface area contributed by atoms with E-state index in [2.05, 4.69) is 12.1 Å². The summed E-state index contributed by atoms with van der Waals surface area (Å²) in [5.74, 6) is 0.870. The molecule has 0 aliphatic rings. The van der Waals surface area contributed by atoms with E-state index in [4.69, 9.17) is 16.3 Å². The van der Waals surface area contributed by atoms with Crippen LogP contribution >= 0.6 is 11.6 Å². The zero-order valence-corrected chi connectivity index (χ0v) is 10.5. The number of hydrogen-bond donors (Lipinski definition) is 0. The standard InChI is InChI=1S/C15H15ClO/c1-12(16)14-7-9-15(10-8-14)17-11-13-5-3-2-4-6-13/h2-10,12H,11H2,1H3. The topological polar surface area (TPSA) is 9.23 Å². The first kappa shape index (κ1) is 12.0. The molecular formula is C15H15ClO. The minimum atomic E-state index is 0.0400. The molecule has 2 rings (SSSR count). The van der Waals surface area contributed by atoms with Gasteiger partial charge in [-0.3, -0.25) is 0 Å². The van der Waals surface area contributed by atoms with E-state index in [-0.39, 0.29) is 5.38 Å². The first-order valence-electron chi connectivity index (χ1n) is 5.66. The number of hydrogen-bond acceptors (Lipinski definition) is 1. The summed E-state index contributed by atoms with van der Waals surface area (Å²) >= 11 is 5.99. The second-order valence-corrected chi connectivity index (χ2v) is 4.61. The molecule has 0 aliphatic heterocycles. The van der Waals surface area contributed by atoms with Gasteiger partial charge in [-0.05, 0) is 30.2 Å². The Kier molecular flexibility index (Phi) is 4.05. The van der Waals surface area contributed by atoms with E-state index in [0.717, 1.165) is 11.3 Å². The lowest BCUT2D eigenvalue weighted by molar-refractivity contribution is 0.306. The molecule has 17 heavy (non-hydrogen) atoms. The molecule has 2 heteroatoms. The highest BCUT2D eigenvalue weighted by Crippen LogP contribution is 2.22. The van der Waals surface area contributed by atoms with Gasteiger partial charge in [0.05, 0.1) is 5.38 Å². The van der Waals surface area contributed by atoms with Crippen LogP contribution in [0.4, 0.5) is 0 Å². The monoisotopic (exact) mass is 246 g/mol. The predicted octanol–water partition coefficient (Wildman–Crippen LogP) is 4.57. The van der Waals surface area contributed by atoms with Crippen LogP contribution in [0.1, 0.15) is 23.4 Å². The summed E-state index contributed by atoms with van der Waals surface area (Å²) in [5.41, 5.74) is 2.28. The van der Waals surface area contributed by atoms with Crippen molar-refractivity contribution in [2.45, 2.75) is 18.9 Å². The molecule has 1 nitrogen and oxygen atoms in total. The van der Waals surface area contributed by atoms with Crippen molar-refractivity contribution < 1.29 is 4.74 Å². The average molecular weight is 247 g/mol. The lowest BCUT2D eigenvalue weighted by Crippen LogP contribution is -1.95. The van der Waals surface area contributed by atoms with Crippen molar-refractivity contribution in [3.63, 3.8) is 0 Å².